The van der Waals surface area contributed by atoms with E-state index in [-0.39, 0.29) is 5.92 Å². The molecule has 16 heavy (non-hydrogen) atoms. The van der Waals surface area contributed by atoms with Gasteiger partial charge in [-0.1, -0.05) is 40.0 Å². The first-order valence-corrected chi connectivity index (χ1v) is 7.29. The van der Waals surface area contributed by atoms with E-state index in [9.17, 15) is 4.79 Å². The first kappa shape index (κ1) is 16.0. The summed E-state index contributed by atoms with van der Waals surface area (Å²) in [7, 11) is 0. The molecule has 0 aliphatic heterocycles. The van der Waals surface area contributed by atoms with E-state index < -0.39 is 0 Å². The third-order valence-electron chi connectivity index (χ3n) is 3.26. The molecule has 0 radical (unpaired) electrons. The Balaban J connectivity index is 4.21. The fourth-order valence-corrected chi connectivity index (χ4v) is 2.37. The Kier molecular flexibility index (Phi) is 10.1. The minimum absolute atomic E-state index is 0.255. The van der Waals surface area contributed by atoms with Crippen molar-refractivity contribution >= 4 is 17.4 Å². The van der Waals surface area contributed by atoms with Gasteiger partial charge in [0.15, 0.2) is 0 Å². The monoisotopic (exact) mass is 246 g/mol. The third-order valence-corrected chi connectivity index (χ3v) is 3.53. The average molecular weight is 247 g/mol. The molecule has 0 aliphatic rings. The van der Waals surface area contributed by atoms with Gasteiger partial charge in [0.1, 0.15) is 5.78 Å². The Morgan fingerprint density at radius 3 is 2.31 bits per heavy atom. The van der Waals surface area contributed by atoms with Crippen LogP contribution in [-0.4, -0.2) is 11.7 Å². The lowest BCUT2D eigenvalue weighted by atomic mass is 9.82. The van der Waals surface area contributed by atoms with Crippen molar-refractivity contribution in [2.24, 2.45) is 11.8 Å². The Morgan fingerprint density at radius 1 is 1.12 bits per heavy atom. The van der Waals surface area contributed by atoms with Crippen LogP contribution in [0.4, 0.5) is 0 Å². The zero-order chi connectivity index (χ0) is 12.4. The largest absolute Gasteiger partial charge is 0.299 e. The van der Waals surface area contributed by atoms with E-state index in [4.69, 9.17) is 11.6 Å². The lowest BCUT2D eigenvalue weighted by molar-refractivity contribution is -0.124. The highest BCUT2D eigenvalue weighted by atomic mass is 35.5. The number of hydrogen-bond donors (Lipinski definition) is 0. The maximum absolute atomic E-state index is 12.0. The number of unbranched alkanes of at least 4 members (excludes halogenated alkanes) is 1. The minimum atomic E-state index is 0.255. The molecule has 96 valence electrons. The fourth-order valence-electron chi connectivity index (χ4n) is 2.22. The van der Waals surface area contributed by atoms with Gasteiger partial charge in [0.2, 0.25) is 0 Å². The number of alkyl halides is 1. The van der Waals surface area contributed by atoms with Gasteiger partial charge in [-0.05, 0) is 25.2 Å². The molecule has 0 saturated carbocycles. The van der Waals surface area contributed by atoms with Crippen molar-refractivity contribution in [1.29, 1.82) is 0 Å². The van der Waals surface area contributed by atoms with E-state index in [1.165, 1.54) is 19.3 Å². The van der Waals surface area contributed by atoms with Crippen molar-refractivity contribution in [3.63, 3.8) is 0 Å². The predicted octanol–water partition coefficient (Wildman–Crippen LogP) is 4.82. The van der Waals surface area contributed by atoms with Crippen LogP contribution in [-0.2, 0) is 4.79 Å². The summed E-state index contributed by atoms with van der Waals surface area (Å²) in [5.74, 6) is 1.92. The molecule has 0 aromatic rings. The number of halogens is 1. The van der Waals surface area contributed by atoms with E-state index in [1.807, 2.05) is 0 Å². The van der Waals surface area contributed by atoms with Crippen molar-refractivity contribution in [2.45, 2.75) is 65.7 Å². The molecule has 0 aromatic heterocycles. The molecule has 0 amide bonds. The van der Waals surface area contributed by atoms with Gasteiger partial charge >= 0.3 is 0 Å². The molecule has 0 rings (SSSR count). The van der Waals surface area contributed by atoms with Crippen LogP contribution in [0.15, 0.2) is 0 Å². The normalized spacial score (nSPS) is 14.8. The molecule has 0 saturated heterocycles. The average Bonchev–Trinajstić information content (AvgIpc) is 2.27. The Labute approximate surface area is 106 Å². The first-order valence-electron chi connectivity index (χ1n) is 6.76. The summed E-state index contributed by atoms with van der Waals surface area (Å²) in [4.78, 5) is 12.0. The number of carbonyl (C=O) groups is 1. The maximum atomic E-state index is 12.0. The van der Waals surface area contributed by atoms with E-state index in [0.29, 0.717) is 17.6 Å². The van der Waals surface area contributed by atoms with E-state index in [0.717, 1.165) is 25.7 Å². The van der Waals surface area contributed by atoms with E-state index in [1.54, 1.807) is 0 Å². The minimum Gasteiger partial charge on any atom is -0.299 e. The smallest absolute Gasteiger partial charge is 0.136 e. The quantitative estimate of drug-likeness (QED) is 0.505. The summed E-state index contributed by atoms with van der Waals surface area (Å²) in [5.41, 5.74) is 0. The van der Waals surface area contributed by atoms with Gasteiger partial charge in [-0.15, -0.1) is 11.6 Å². The molecule has 0 heterocycles. The van der Waals surface area contributed by atoms with Gasteiger partial charge < -0.3 is 0 Å². The molecule has 0 spiro atoms. The molecule has 0 fully saturated rings. The molecule has 0 aromatic carbocycles. The van der Waals surface area contributed by atoms with Crippen LogP contribution < -0.4 is 0 Å². The summed E-state index contributed by atoms with van der Waals surface area (Å²) in [6.45, 7) is 6.50. The summed E-state index contributed by atoms with van der Waals surface area (Å²) in [6, 6.07) is 0. The third kappa shape index (κ3) is 6.52. The van der Waals surface area contributed by atoms with Crippen LogP contribution in [0.5, 0.6) is 0 Å². The summed E-state index contributed by atoms with van der Waals surface area (Å²) in [5, 5.41) is 0. The number of carbonyl (C=O) groups excluding carboxylic acids is 1. The SMILES string of the molecule is CCCCC(C)C(CCCCl)C(=O)CCC. The van der Waals surface area contributed by atoms with Crippen LogP contribution in [0.1, 0.15) is 65.7 Å². The van der Waals surface area contributed by atoms with Gasteiger partial charge in [0.05, 0.1) is 0 Å². The van der Waals surface area contributed by atoms with E-state index >= 15 is 0 Å². The molecule has 0 bridgehead atoms. The summed E-state index contributed by atoms with van der Waals surface area (Å²) >= 11 is 5.73. The van der Waals surface area contributed by atoms with Gasteiger partial charge in [0.25, 0.3) is 0 Å². The van der Waals surface area contributed by atoms with Crippen LogP contribution in [0, 0.1) is 11.8 Å². The fraction of sp³-hybridized carbons (Fsp3) is 0.929. The molecule has 2 atom stereocenters. The first-order chi connectivity index (χ1) is 7.67. The summed E-state index contributed by atoms with van der Waals surface area (Å²) in [6.07, 6.45) is 7.29. The lowest BCUT2D eigenvalue weighted by Gasteiger charge is -2.22. The maximum Gasteiger partial charge on any atom is 0.136 e. The molecule has 0 N–H and O–H groups in total. The Morgan fingerprint density at radius 2 is 1.81 bits per heavy atom. The van der Waals surface area contributed by atoms with Crippen molar-refractivity contribution in [1.82, 2.24) is 0 Å². The van der Waals surface area contributed by atoms with Gasteiger partial charge in [-0.2, -0.15) is 0 Å². The van der Waals surface area contributed by atoms with Crippen molar-refractivity contribution in [2.75, 3.05) is 5.88 Å². The van der Waals surface area contributed by atoms with Crippen LogP contribution in [0.2, 0.25) is 0 Å². The summed E-state index contributed by atoms with van der Waals surface area (Å²) < 4.78 is 0. The van der Waals surface area contributed by atoms with Gasteiger partial charge in [-0.25, -0.2) is 0 Å². The highest BCUT2D eigenvalue weighted by molar-refractivity contribution is 6.17. The molecule has 2 unspecified atom stereocenters. The number of rotatable bonds is 10. The van der Waals surface area contributed by atoms with Crippen molar-refractivity contribution in [3.8, 4) is 0 Å². The Hall–Kier alpha value is -0.0400. The van der Waals surface area contributed by atoms with Crippen LogP contribution in [0.25, 0.3) is 0 Å². The molecular formula is C14H27ClO. The topological polar surface area (TPSA) is 17.1 Å². The van der Waals surface area contributed by atoms with Crippen LogP contribution in [0.3, 0.4) is 0 Å². The van der Waals surface area contributed by atoms with Gasteiger partial charge in [-0.3, -0.25) is 4.79 Å². The second-order valence-corrected chi connectivity index (χ2v) is 5.15. The lowest BCUT2D eigenvalue weighted by Crippen LogP contribution is -2.22. The zero-order valence-electron chi connectivity index (χ0n) is 11.1. The van der Waals surface area contributed by atoms with Gasteiger partial charge in [0, 0.05) is 18.2 Å². The molecular weight excluding hydrogens is 220 g/mol. The predicted molar refractivity (Wildman–Crippen MR) is 72.0 cm³/mol. The zero-order valence-corrected chi connectivity index (χ0v) is 11.9. The molecule has 2 heteroatoms. The number of ketones is 1. The second-order valence-electron chi connectivity index (χ2n) is 4.77. The van der Waals surface area contributed by atoms with E-state index in [2.05, 4.69) is 20.8 Å². The van der Waals surface area contributed by atoms with Crippen molar-refractivity contribution < 1.29 is 4.79 Å². The van der Waals surface area contributed by atoms with Crippen LogP contribution >= 0.6 is 11.6 Å². The Bertz CT molecular complexity index is 180. The molecule has 0 aliphatic carbocycles. The van der Waals surface area contributed by atoms with Crippen molar-refractivity contribution in [3.05, 3.63) is 0 Å². The standard InChI is InChI=1S/C14H27ClO/c1-4-6-9-12(3)13(10-7-11-15)14(16)8-5-2/h12-13H,4-11H2,1-3H3. The number of hydrogen-bond acceptors (Lipinski definition) is 1. The highest BCUT2D eigenvalue weighted by Gasteiger charge is 2.23. The second kappa shape index (κ2) is 10.1. The molecule has 1 nitrogen and oxygen atoms in total. The highest BCUT2D eigenvalue weighted by Crippen LogP contribution is 2.25. The number of Topliss-reactive ketones (excluding diaryl/α,β-unsaturated/α-hetero) is 1.